The number of sulfonamides is 1. The SMILES string of the molecule is N/C(=N\O)c1ccc(CNC(=O)[C@H](CCc2ccccc2)NC(=O)C(CO)NS(=O)(=O)Cc2ccccc2)cc1. The Hall–Kier alpha value is -4.26. The molecule has 12 heteroatoms. The van der Waals surface area contributed by atoms with Crippen LogP contribution in [0.25, 0.3) is 0 Å². The molecule has 0 bridgehead atoms. The van der Waals surface area contributed by atoms with E-state index in [0.717, 1.165) is 11.1 Å². The van der Waals surface area contributed by atoms with Crippen molar-refractivity contribution < 1.29 is 28.3 Å². The first-order chi connectivity index (χ1) is 19.2. The zero-order chi connectivity index (χ0) is 29.0. The molecule has 212 valence electrons. The van der Waals surface area contributed by atoms with Gasteiger partial charge < -0.3 is 26.7 Å². The fourth-order valence-electron chi connectivity index (χ4n) is 3.89. The van der Waals surface area contributed by atoms with Crippen LogP contribution >= 0.6 is 0 Å². The molecule has 1 unspecified atom stereocenters. The maximum Gasteiger partial charge on any atom is 0.242 e. The Morgan fingerprint density at radius 1 is 0.825 bits per heavy atom. The quantitative estimate of drug-likeness (QED) is 0.0726. The summed E-state index contributed by atoms with van der Waals surface area (Å²) in [5.74, 6) is -1.72. The van der Waals surface area contributed by atoms with Crippen molar-refractivity contribution >= 4 is 27.7 Å². The van der Waals surface area contributed by atoms with Gasteiger partial charge in [-0.25, -0.2) is 13.1 Å². The number of amidine groups is 1. The Balaban J connectivity index is 1.67. The van der Waals surface area contributed by atoms with E-state index in [2.05, 4.69) is 20.5 Å². The molecule has 3 aromatic rings. The summed E-state index contributed by atoms with van der Waals surface area (Å²) in [7, 11) is -3.96. The van der Waals surface area contributed by atoms with Crippen molar-refractivity contribution in [2.24, 2.45) is 10.9 Å². The number of carbonyl (C=O) groups is 2. The van der Waals surface area contributed by atoms with Crippen LogP contribution in [0.2, 0.25) is 0 Å². The van der Waals surface area contributed by atoms with Crippen molar-refractivity contribution in [2.45, 2.75) is 37.2 Å². The van der Waals surface area contributed by atoms with Gasteiger partial charge in [-0.1, -0.05) is 90.1 Å². The minimum atomic E-state index is -3.96. The molecular formula is C28H33N5O6S. The maximum absolute atomic E-state index is 13.1. The molecule has 0 aliphatic carbocycles. The average Bonchev–Trinajstić information content (AvgIpc) is 2.97. The highest BCUT2D eigenvalue weighted by atomic mass is 32.2. The lowest BCUT2D eigenvalue weighted by atomic mass is 10.0. The summed E-state index contributed by atoms with van der Waals surface area (Å²) < 4.78 is 27.5. The molecule has 0 aliphatic rings. The van der Waals surface area contributed by atoms with E-state index >= 15 is 0 Å². The van der Waals surface area contributed by atoms with Crippen LogP contribution in [0.3, 0.4) is 0 Å². The molecule has 0 saturated carbocycles. The van der Waals surface area contributed by atoms with E-state index in [1.807, 2.05) is 30.3 Å². The molecule has 0 aliphatic heterocycles. The Kier molecular flexibility index (Phi) is 11.2. The van der Waals surface area contributed by atoms with E-state index in [0.29, 0.717) is 17.5 Å². The molecule has 3 rings (SSSR count). The summed E-state index contributed by atoms with van der Waals surface area (Å²) in [4.78, 5) is 26.1. The monoisotopic (exact) mass is 567 g/mol. The van der Waals surface area contributed by atoms with Gasteiger partial charge in [-0.2, -0.15) is 0 Å². The van der Waals surface area contributed by atoms with Gasteiger partial charge in [0.2, 0.25) is 21.8 Å². The first-order valence-corrected chi connectivity index (χ1v) is 14.2. The predicted molar refractivity (Wildman–Crippen MR) is 151 cm³/mol. The Morgan fingerprint density at radius 2 is 1.43 bits per heavy atom. The van der Waals surface area contributed by atoms with Crippen molar-refractivity contribution in [1.29, 1.82) is 0 Å². The van der Waals surface area contributed by atoms with Crippen molar-refractivity contribution in [3.8, 4) is 0 Å². The molecule has 0 aromatic heterocycles. The van der Waals surface area contributed by atoms with Crippen molar-refractivity contribution in [1.82, 2.24) is 15.4 Å². The molecule has 2 amide bonds. The number of aliphatic hydroxyl groups excluding tert-OH is 1. The highest BCUT2D eigenvalue weighted by Crippen LogP contribution is 2.09. The van der Waals surface area contributed by atoms with Crippen LogP contribution in [0.15, 0.2) is 90.1 Å². The maximum atomic E-state index is 13.1. The predicted octanol–water partition coefficient (Wildman–Crippen LogP) is 0.995. The topological polar surface area (TPSA) is 183 Å². The summed E-state index contributed by atoms with van der Waals surface area (Å²) in [5, 5.41) is 26.9. The molecule has 7 N–H and O–H groups in total. The number of benzene rings is 3. The number of amides is 2. The largest absolute Gasteiger partial charge is 0.409 e. The number of hydrogen-bond donors (Lipinski definition) is 6. The second kappa shape index (κ2) is 14.8. The third kappa shape index (κ3) is 9.49. The lowest BCUT2D eigenvalue weighted by Crippen LogP contribution is -2.55. The van der Waals surface area contributed by atoms with Gasteiger partial charge in [-0.3, -0.25) is 9.59 Å². The standard InChI is InChI=1S/C28H33N5O6S/c29-26(32-37)23-14-11-21(12-15-23)17-30-27(35)24(16-13-20-7-3-1-4-8-20)31-28(36)25(18-34)33-40(38,39)19-22-9-5-2-6-10-22/h1-12,14-15,24-25,33-34,37H,13,16-19H2,(H2,29,32)(H,30,35)(H,31,36)/t24-,25?/m0/s1. The van der Waals surface area contributed by atoms with Crippen molar-refractivity contribution in [3.63, 3.8) is 0 Å². The van der Waals surface area contributed by atoms with E-state index in [-0.39, 0.29) is 24.6 Å². The van der Waals surface area contributed by atoms with Gasteiger partial charge in [0.15, 0.2) is 5.84 Å². The van der Waals surface area contributed by atoms with Crippen LogP contribution in [0.4, 0.5) is 0 Å². The van der Waals surface area contributed by atoms with Crippen LogP contribution in [-0.4, -0.2) is 55.1 Å². The molecule has 11 nitrogen and oxygen atoms in total. The van der Waals surface area contributed by atoms with E-state index in [1.54, 1.807) is 54.6 Å². The van der Waals surface area contributed by atoms with Gasteiger partial charge in [0.1, 0.15) is 12.1 Å². The molecule has 0 fully saturated rings. The van der Waals surface area contributed by atoms with E-state index in [9.17, 15) is 23.1 Å². The Bertz CT molecular complexity index is 1380. The summed E-state index contributed by atoms with van der Waals surface area (Å²) >= 11 is 0. The van der Waals surface area contributed by atoms with Gasteiger partial charge in [-0.05, 0) is 29.5 Å². The average molecular weight is 568 g/mol. The van der Waals surface area contributed by atoms with Gasteiger partial charge in [-0.15, -0.1) is 0 Å². The normalized spacial score (nSPS) is 13.3. The number of hydrogen-bond acceptors (Lipinski definition) is 7. The fourth-order valence-corrected chi connectivity index (χ4v) is 5.22. The number of aliphatic hydroxyl groups is 1. The van der Waals surface area contributed by atoms with E-state index in [1.165, 1.54) is 0 Å². The lowest BCUT2D eigenvalue weighted by molar-refractivity contribution is -0.130. The van der Waals surface area contributed by atoms with Crippen LogP contribution < -0.4 is 21.1 Å². The third-order valence-corrected chi connectivity index (χ3v) is 7.40. The van der Waals surface area contributed by atoms with Crippen molar-refractivity contribution in [3.05, 3.63) is 107 Å². The summed E-state index contributed by atoms with van der Waals surface area (Å²) in [5.41, 5.74) is 8.29. The molecule has 0 heterocycles. The van der Waals surface area contributed by atoms with E-state index < -0.39 is 40.5 Å². The van der Waals surface area contributed by atoms with Gasteiger partial charge in [0, 0.05) is 12.1 Å². The Morgan fingerprint density at radius 3 is 2.00 bits per heavy atom. The highest BCUT2D eigenvalue weighted by molar-refractivity contribution is 7.88. The first kappa shape index (κ1) is 30.3. The van der Waals surface area contributed by atoms with Crippen molar-refractivity contribution in [2.75, 3.05) is 6.61 Å². The van der Waals surface area contributed by atoms with Gasteiger partial charge in [0.05, 0.1) is 12.4 Å². The number of aryl methyl sites for hydroxylation is 1. The van der Waals surface area contributed by atoms with Crippen LogP contribution in [0.5, 0.6) is 0 Å². The van der Waals surface area contributed by atoms with E-state index in [4.69, 9.17) is 10.9 Å². The summed E-state index contributed by atoms with van der Waals surface area (Å²) in [6.07, 6.45) is 0.705. The second-order valence-corrected chi connectivity index (χ2v) is 10.8. The second-order valence-electron chi connectivity index (χ2n) is 9.08. The zero-order valence-electron chi connectivity index (χ0n) is 21.7. The van der Waals surface area contributed by atoms with Gasteiger partial charge >= 0.3 is 0 Å². The zero-order valence-corrected chi connectivity index (χ0v) is 22.5. The number of rotatable bonds is 14. The molecule has 0 radical (unpaired) electrons. The smallest absolute Gasteiger partial charge is 0.242 e. The number of oxime groups is 1. The minimum absolute atomic E-state index is 0.0443. The summed E-state index contributed by atoms with van der Waals surface area (Å²) in [6, 6.07) is 22.0. The number of nitrogens with zero attached hydrogens (tertiary/aromatic N) is 1. The fraction of sp³-hybridized carbons (Fsp3) is 0.250. The molecule has 0 saturated heterocycles. The molecule has 2 atom stereocenters. The Labute approximate surface area is 233 Å². The van der Waals surface area contributed by atoms with Crippen LogP contribution in [-0.2, 0) is 38.3 Å². The van der Waals surface area contributed by atoms with Crippen LogP contribution in [0.1, 0.15) is 28.7 Å². The third-order valence-electron chi connectivity index (χ3n) is 6.04. The molecule has 0 spiro atoms. The first-order valence-electron chi connectivity index (χ1n) is 12.5. The summed E-state index contributed by atoms with van der Waals surface area (Å²) in [6.45, 7) is -0.653. The lowest BCUT2D eigenvalue weighted by Gasteiger charge is -2.22. The van der Waals surface area contributed by atoms with Gasteiger partial charge in [0.25, 0.3) is 0 Å². The minimum Gasteiger partial charge on any atom is -0.409 e. The highest BCUT2D eigenvalue weighted by Gasteiger charge is 2.28. The number of nitrogens with one attached hydrogen (secondary N) is 3. The van der Waals surface area contributed by atoms with Crippen LogP contribution in [0, 0.1) is 0 Å². The molecule has 40 heavy (non-hydrogen) atoms. The molecular weight excluding hydrogens is 534 g/mol. The molecule has 3 aromatic carbocycles. The number of nitrogens with two attached hydrogens (primary N) is 1. The number of carbonyl (C=O) groups excluding carboxylic acids is 2.